The zero-order valence-electron chi connectivity index (χ0n) is 15.4. The minimum absolute atomic E-state index is 0.0908. The molecule has 2 rings (SSSR count). The maximum atomic E-state index is 12.3. The van der Waals surface area contributed by atoms with Crippen molar-refractivity contribution in [1.82, 2.24) is 0 Å². The second-order valence-corrected chi connectivity index (χ2v) is 6.38. The normalized spacial score (nSPS) is 10.2. The molecule has 0 unspecified atom stereocenters. The van der Waals surface area contributed by atoms with Crippen LogP contribution in [0, 0.1) is 6.92 Å². The zero-order valence-corrected chi connectivity index (χ0v) is 16.2. The lowest BCUT2D eigenvalue weighted by atomic mass is 10.2. The Bertz CT molecular complexity index is 867. The number of carbonyl (C=O) groups excluding carboxylic acids is 3. The number of carbonyl (C=O) groups is 3. The molecule has 0 aromatic heterocycles. The van der Waals surface area contributed by atoms with Gasteiger partial charge in [-0.05, 0) is 42.8 Å². The Morgan fingerprint density at radius 3 is 2.52 bits per heavy atom. The summed E-state index contributed by atoms with van der Waals surface area (Å²) in [6, 6.07) is 11.8. The first kappa shape index (κ1) is 20.5. The molecule has 2 aromatic rings. The highest BCUT2D eigenvalue weighted by Gasteiger charge is 2.15. The number of benzene rings is 2. The van der Waals surface area contributed by atoms with Crippen LogP contribution >= 0.6 is 11.6 Å². The van der Waals surface area contributed by atoms with E-state index in [1.165, 1.54) is 25.0 Å². The van der Waals surface area contributed by atoms with E-state index in [1.54, 1.807) is 30.3 Å². The Hall–Kier alpha value is -2.86. The van der Waals surface area contributed by atoms with Crippen molar-refractivity contribution >= 4 is 40.8 Å². The van der Waals surface area contributed by atoms with E-state index in [0.29, 0.717) is 22.0 Å². The zero-order chi connectivity index (χ0) is 20.0. The molecule has 2 aromatic carbocycles. The van der Waals surface area contributed by atoms with Crippen molar-refractivity contribution in [2.24, 2.45) is 0 Å². The number of ether oxygens (including phenoxy) is 1. The van der Waals surface area contributed by atoms with Crippen LogP contribution in [0.25, 0.3) is 0 Å². The van der Waals surface area contributed by atoms with Crippen LogP contribution < -0.4 is 10.2 Å². The van der Waals surface area contributed by atoms with Crippen molar-refractivity contribution in [1.29, 1.82) is 0 Å². The number of hydrogen-bond donors (Lipinski definition) is 1. The second-order valence-electron chi connectivity index (χ2n) is 5.97. The first-order valence-electron chi connectivity index (χ1n) is 8.34. The van der Waals surface area contributed by atoms with Crippen LogP contribution in [-0.4, -0.2) is 31.4 Å². The largest absolute Gasteiger partial charge is 0.465 e. The van der Waals surface area contributed by atoms with Crippen molar-refractivity contribution in [3.8, 4) is 0 Å². The summed E-state index contributed by atoms with van der Waals surface area (Å²) in [5.74, 6) is -0.943. The number of rotatable bonds is 6. The Labute approximate surface area is 163 Å². The molecule has 0 fully saturated rings. The van der Waals surface area contributed by atoms with Crippen molar-refractivity contribution < 1.29 is 19.1 Å². The van der Waals surface area contributed by atoms with Gasteiger partial charge in [-0.1, -0.05) is 23.7 Å². The molecule has 0 atom stereocenters. The number of halogens is 1. The van der Waals surface area contributed by atoms with Crippen molar-refractivity contribution in [3.05, 3.63) is 58.6 Å². The van der Waals surface area contributed by atoms with E-state index in [4.69, 9.17) is 11.6 Å². The van der Waals surface area contributed by atoms with E-state index in [2.05, 4.69) is 10.1 Å². The molecule has 2 amide bonds. The smallest absolute Gasteiger partial charge is 0.337 e. The van der Waals surface area contributed by atoms with E-state index in [-0.39, 0.29) is 24.8 Å². The van der Waals surface area contributed by atoms with Crippen LogP contribution in [0.3, 0.4) is 0 Å². The fraction of sp³-hybridized carbons (Fsp3) is 0.250. The van der Waals surface area contributed by atoms with Gasteiger partial charge in [0.2, 0.25) is 11.8 Å². The predicted molar refractivity (Wildman–Crippen MR) is 105 cm³/mol. The molecular formula is C20H21ClN2O4. The molecule has 7 heteroatoms. The molecule has 0 aliphatic rings. The molecule has 0 saturated carbocycles. The summed E-state index contributed by atoms with van der Waals surface area (Å²) in [7, 11) is 1.29. The Kier molecular flexibility index (Phi) is 6.96. The summed E-state index contributed by atoms with van der Waals surface area (Å²) in [4.78, 5) is 37.3. The molecule has 1 N–H and O–H groups in total. The van der Waals surface area contributed by atoms with Crippen LogP contribution in [0.15, 0.2) is 42.5 Å². The number of aryl methyl sites for hydroxylation is 1. The molecule has 142 valence electrons. The Morgan fingerprint density at radius 1 is 1.15 bits per heavy atom. The molecule has 6 nitrogen and oxygen atoms in total. The number of nitrogens with zero attached hydrogens (tertiary/aromatic N) is 1. The number of hydrogen-bond acceptors (Lipinski definition) is 4. The second kappa shape index (κ2) is 9.19. The lowest BCUT2D eigenvalue weighted by Gasteiger charge is -2.21. The van der Waals surface area contributed by atoms with Crippen molar-refractivity contribution in [2.45, 2.75) is 20.3 Å². The molecular weight excluding hydrogens is 368 g/mol. The van der Waals surface area contributed by atoms with Crippen molar-refractivity contribution in [3.63, 3.8) is 0 Å². The van der Waals surface area contributed by atoms with E-state index in [1.807, 2.05) is 13.0 Å². The van der Waals surface area contributed by atoms with Gasteiger partial charge >= 0.3 is 5.97 Å². The number of methoxy groups -OCH3 is 1. The number of nitrogens with one attached hydrogen (secondary N) is 1. The van der Waals surface area contributed by atoms with Gasteiger partial charge in [0.15, 0.2) is 0 Å². The summed E-state index contributed by atoms with van der Waals surface area (Å²) in [5.41, 5.74) is 2.37. The first-order chi connectivity index (χ1) is 12.8. The summed E-state index contributed by atoms with van der Waals surface area (Å²) >= 11 is 6.13. The summed E-state index contributed by atoms with van der Waals surface area (Å²) in [6.45, 7) is 3.52. The van der Waals surface area contributed by atoms with Gasteiger partial charge in [0.25, 0.3) is 0 Å². The van der Waals surface area contributed by atoms with Crippen molar-refractivity contribution in [2.75, 3.05) is 23.9 Å². The average Bonchev–Trinajstić information content (AvgIpc) is 2.64. The lowest BCUT2D eigenvalue weighted by molar-refractivity contribution is -0.117. The van der Waals surface area contributed by atoms with Gasteiger partial charge in [-0.2, -0.15) is 0 Å². The first-order valence-corrected chi connectivity index (χ1v) is 8.72. The molecule has 0 spiro atoms. The quantitative estimate of drug-likeness (QED) is 0.763. The standard InChI is InChI=1S/C20H21ClN2O4/c1-13-7-8-17(12-18(13)21)23(14(2)24)10-9-19(25)22-16-6-4-5-15(11-16)20(26)27-3/h4-8,11-12H,9-10H2,1-3H3,(H,22,25). The van der Waals surface area contributed by atoms with E-state index in [9.17, 15) is 14.4 Å². The predicted octanol–water partition coefficient (Wildman–Crippen LogP) is 3.82. The third kappa shape index (κ3) is 5.56. The van der Waals surface area contributed by atoms with E-state index >= 15 is 0 Å². The van der Waals surface area contributed by atoms with Gasteiger partial charge in [-0.3, -0.25) is 9.59 Å². The lowest BCUT2D eigenvalue weighted by Crippen LogP contribution is -2.32. The van der Waals surface area contributed by atoms with Gasteiger partial charge in [0.05, 0.1) is 12.7 Å². The van der Waals surface area contributed by atoms with Crippen LogP contribution in [0.1, 0.15) is 29.3 Å². The van der Waals surface area contributed by atoms with Gasteiger partial charge in [0.1, 0.15) is 0 Å². The Balaban J connectivity index is 2.03. The highest BCUT2D eigenvalue weighted by atomic mass is 35.5. The highest BCUT2D eigenvalue weighted by molar-refractivity contribution is 6.31. The molecule has 0 heterocycles. The van der Waals surface area contributed by atoms with E-state index < -0.39 is 5.97 Å². The third-order valence-electron chi connectivity index (χ3n) is 3.98. The maximum Gasteiger partial charge on any atom is 0.337 e. The number of amides is 2. The third-order valence-corrected chi connectivity index (χ3v) is 4.38. The molecule has 0 radical (unpaired) electrons. The Morgan fingerprint density at radius 2 is 1.89 bits per heavy atom. The molecule has 0 saturated heterocycles. The van der Waals surface area contributed by atoms with Gasteiger partial charge < -0.3 is 15.0 Å². The summed E-state index contributed by atoms with van der Waals surface area (Å²) in [6.07, 6.45) is 0.0908. The van der Waals surface area contributed by atoms with Gasteiger partial charge in [0, 0.05) is 36.3 Å². The SMILES string of the molecule is COC(=O)c1cccc(NC(=O)CCN(C(C)=O)c2ccc(C)c(Cl)c2)c1. The minimum atomic E-state index is -0.481. The summed E-state index contributed by atoms with van der Waals surface area (Å²) < 4.78 is 4.66. The monoisotopic (exact) mass is 388 g/mol. The average molecular weight is 389 g/mol. The fourth-order valence-electron chi connectivity index (χ4n) is 2.50. The number of esters is 1. The highest BCUT2D eigenvalue weighted by Crippen LogP contribution is 2.23. The van der Waals surface area contributed by atoms with Gasteiger partial charge in [-0.15, -0.1) is 0 Å². The molecule has 0 bridgehead atoms. The molecule has 27 heavy (non-hydrogen) atoms. The van der Waals surface area contributed by atoms with Crippen LogP contribution in [0.2, 0.25) is 5.02 Å². The maximum absolute atomic E-state index is 12.3. The van der Waals surface area contributed by atoms with Crippen LogP contribution in [0.5, 0.6) is 0 Å². The van der Waals surface area contributed by atoms with E-state index in [0.717, 1.165) is 5.56 Å². The van der Waals surface area contributed by atoms with Crippen LogP contribution in [-0.2, 0) is 14.3 Å². The molecule has 0 aliphatic carbocycles. The topological polar surface area (TPSA) is 75.7 Å². The summed E-state index contributed by atoms with van der Waals surface area (Å²) in [5, 5.41) is 3.27. The fourth-order valence-corrected chi connectivity index (χ4v) is 2.67. The van der Waals surface area contributed by atoms with Gasteiger partial charge in [-0.25, -0.2) is 4.79 Å². The number of anilines is 2. The minimum Gasteiger partial charge on any atom is -0.465 e. The van der Waals surface area contributed by atoms with Crippen LogP contribution in [0.4, 0.5) is 11.4 Å². The molecule has 0 aliphatic heterocycles.